The van der Waals surface area contributed by atoms with E-state index in [0.29, 0.717) is 22.8 Å². The van der Waals surface area contributed by atoms with Gasteiger partial charge >= 0.3 is 10.2 Å². The molecular formula is C18H18FN3O6S. The lowest BCUT2D eigenvalue weighted by Gasteiger charge is -2.19. The van der Waals surface area contributed by atoms with Crippen molar-refractivity contribution in [1.82, 2.24) is 9.62 Å². The first-order chi connectivity index (χ1) is 13.8. The van der Waals surface area contributed by atoms with Crippen LogP contribution >= 0.6 is 0 Å². The Morgan fingerprint density at radius 2 is 1.97 bits per heavy atom. The third kappa shape index (κ3) is 3.53. The van der Waals surface area contributed by atoms with Crippen molar-refractivity contribution < 1.29 is 32.2 Å². The highest BCUT2D eigenvalue weighted by atomic mass is 32.2. The minimum absolute atomic E-state index is 0.0153. The summed E-state index contributed by atoms with van der Waals surface area (Å²) in [7, 11) is -4.29. The lowest BCUT2D eigenvalue weighted by Crippen LogP contribution is -2.32. The molecule has 0 atom stereocenters. The second-order valence-electron chi connectivity index (χ2n) is 6.85. The number of rotatable bonds is 4. The highest BCUT2D eigenvalue weighted by Gasteiger charge is 2.37. The first-order valence-electron chi connectivity index (χ1n) is 8.95. The van der Waals surface area contributed by atoms with Gasteiger partial charge in [0, 0.05) is 18.5 Å². The van der Waals surface area contributed by atoms with Crippen LogP contribution in [0.1, 0.15) is 12.8 Å². The second-order valence-corrected chi connectivity index (χ2v) is 8.45. The zero-order chi connectivity index (χ0) is 20.8. The van der Waals surface area contributed by atoms with Crippen molar-refractivity contribution >= 4 is 38.5 Å². The number of nitrogens with zero attached hydrogens (tertiary/aromatic N) is 2. The Morgan fingerprint density at radius 3 is 2.62 bits per heavy atom. The van der Waals surface area contributed by atoms with Crippen LogP contribution < -0.4 is 13.8 Å². The zero-order valence-corrected chi connectivity index (χ0v) is 16.0. The third-order valence-electron chi connectivity index (χ3n) is 4.89. The summed E-state index contributed by atoms with van der Waals surface area (Å²) in [4.78, 5) is 25.2. The normalized spacial score (nSPS) is 18.3. The van der Waals surface area contributed by atoms with Crippen LogP contribution in [0.4, 0.5) is 10.1 Å². The molecule has 154 valence electrons. The number of phenols is 1. The summed E-state index contributed by atoms with van der Waals surface area (Å²) >= 11 is 0. The SMILES string of the molecule is O=C1CN(c2c(O)cc3ccc(OCC(=O)N4CCCC4)cc3c2F)S(=O)(=O)N1. The Labute approximate surface area is 165 Å². The number of anilines is 1. The molecule has 11 heteroatoms. The molecule has 0 saturated carbocycles. The number of carbonyl (C=O) groups excluding carboxylic acids is 2. The van der Waals surface area contributed by atoms with Crippen LogP contribution in [0.5, 0.6) is 11.5 Å². The highest BCUT2D eigenvalue weighted by molar-refractivity contribution is 7.92. The summed E-state index contributed by atoms with van der Waals surface area (Å²) in [6.07, 6.45) is 1.91. The van der Waals surface area contributed by atoms with E-state index in [-0.39, 0.29) is 23.6 Å². The van der Waals surface area contributed by atoms with Crippen molar-refractivity contribution in [2.45, 2.75) is 12.8 Å². The van der Waals surface area contributed by atoms with Gasteiger partial charge in [-0.1, -0.05) is 6.07 Å². The summed E-state index contributed by atoms with van der Waals surface area (Å²) in [6, 6.07) is 5.53. The molecule has 0 bridgehead atoms. The molecule has 2 heterocycles. The lowest BCUT2D eigenvalue weighted by atomic mass is 10.1. The minimum atomic E-state index is -4.29. The van der Waals surface area contributed by atoms with E-state index in [1.165, 1.54) is 24.3 Å². The van der Waals surface area contributed by atoms with Crippen molar-refractivity contribution in [2.24, 2.45) is 0 Å². The molecule has 0 aromatic heterocycles. The second kappa shape index (κ2) is 7.07. The van der Waals surface area contributed by atoms with Crippen LogP contribution in [0.25, 0.3) is 10.8 Å². The van der Waals surface area contributed by atoms with Gasteiger partial charge in [-0.25, -0.2) is 13.4 Å². The standard InChI is InChI=1S/C18H18FN3O6S/c19-17-13-8-12(28-10-16(25)21-5-1-2-6-21)4-3-11(13)7-14(23)18(17)22-9-15(24)20-29(22,26)27/h3-4,7-8,23H,1-2,5-6,9-10H2,(H,20,24). The van der Waals surface area contributed by atoms with Crippen LogP contribution in [0.2, 0.25) is 0 Å². The predicted molar refractivity (Wildman–Crippen MR) is 101 cm³/mol. The molecule has 2 amide bonds. The van der Waals surface area contributed by atoms with Gasteiger partial charge in [0.2, 0.25) is 0 Å². The topological polar surface area (TPSA) is 116 Å². The van der Waals surface area contributed by atoms with Crippen LogP contribution in [0.3, 0.4) is 0 Å². The minimum Gasteiger partial charge on any atom is -0.506 e. The Balaban J connectivity index is 1.65. The van der Waals surface area contributed by atoms with E-state index in [1.54, 1.807) is 9.62 Å². The molecule has 29 heavy (non-hydrogen) atoms. The first kappa shape index (κ1) is 19.2. The fourth-order valence-electron chi connectivity index (χ4n) is 3.48. The smallest absolute Gasteiger partial charge is 0.326 e. The summed E-state index contributed by atoms with van der Waals surface area (Å²) in [5.74, 6) is -2.41. The molecule has 0 aliphatic carbocycles. The fourth-order valence-corrected chi connectivity index (χ4v) is 4.65. The number of likely N-dealkylation sites (tertiary alicyclic amines) is 1. The van der Waals surface area contributed by atoms with E-state index < -0.39 is 39.9 Å². The molecule has 4 rings (SSSR count). The van der Waals surface area contributed by atoms with Crippen LogP contribution in [0.15, 0.2) is 24.3 Å². The maximum absolute atomic E-state index is 15.1. The van der Waals surface area contributed by atoms with E-state index in [0.717, 1.165) is 12.8 Å². The molecule has 2 saturated heterocycles. The largest absolute Gasteiger partial charge is 0.506 e. The van der Waals surface area contributed by atoms with E-state index >= 15 is 4.39 Å². The molecule has 0 spiro atoms. The van der Waals surface area contributed by atoms with Gasteiger partial charge in [-0.15, -0.1) is 0 Å². The van der Waals surface area contributed by atoms with Crippen molar-refractivity contribution in [1.29, 1.82) is 0 Å². The monoisotopic (exact) mass is 423 g/mol. The molecule has 2 aliphatic heterocycles. The average Bonchev–Trinajstić information content (AvgIpc) is 3.28. The zero-order valence-electron chi connectivity index (χ0n) is 15.2. The molecule has 0 radical (unpaired) electrons. The molecular weight excluding hydrogens is 405 g/mol. The van der Waals surface area contributed by atoms with Crippen LogP contribution in [-0.2, 0) is 19.8 Å². The van der Waals surface area contributed by atoms with Gasteiger partial charge < -0.3 is 14.7 Å². The van der Waals surface area contributed by atoms with Crippen molar-refractivity contribution in [3.63, 3.8) is 0 Å². The number of carbonyl (C=O) groups is 2. The van der Waals surface area contributed by atoms with Crippen molar-refractivity contribution in [3.05, 3.63) is 30.1 Å². The molecule has 9 nitrogen and oxygen atoms in total. The Morgan fingerprint density at radius 1 is 1.24 bits per heavy atom. The Hall–Kier alpha value is -3.08. The molecule has 2 aromatic rings. The van der Waals surface area contributed by atoms with Crippen LogP contribution in [-0.4, -0.2) is 56.5 Å². The van der Waals surface area contributed by atoms with Gasteiger partial charge in [-0.3, -0.25) is 9.59 Å². The Kier molecular flexibility index (Phi) is 4.69. The number of benzene rings is 2. The molecule has 2 aromatic carbocycles. The van der Waals surface area contributed by atoms with E-state index in [2.05, 4.69) is 0 Å². The summed E-state index contributed by atoms with van der Waals surface area (Å²) in [5, 5.41) is 10.5. The summed E-state index contributed by atoms with van der Waals surface area (Å²) < 4.78 is 46.9. The number of halogens is 1. The van der Waals surface area contributed by atoms with Crippen LogP contribution in [0, 0.1) is 5.82 Å². The predicted octanol–water partition coefficient (Wildman–Crippen LogP) is 0.867. The maximum Gasteiger partial charge on any atom is 0.326 e. The van der Waals surface area contributed by atoms with Gasteiger partial charge in [0.15, 0.2) is 12.4 Å². The third-order valence-corrected chi connectivity index (χ3v) is 6.27. The average molecular weight is 423 g/mol. The first-order valence-corrected chi connectivity index (χ1v) is 10.4. The van der Waals surface area contributed by atoms with Gasteiger partial charge in [0.05, 0.1) is 0 Å². The number of phenolic OH excluding ortho intramolecular Hbond substituents is 1. The quantitative estimate of drug-likeness (QED) is 0.754. The lowest BCUT2D eigenvalue weighted by molar-refractivity contribution is -0.132. The summed E-state index contributed by atoms with van der Waals surface area (Å²) in [5.41, 5.74) is -0.624. The van der Waals surface area contributed by atoms with Crippen molar-refractivity contribution in [3.8, 4) is 11.5 Å². The van der Waals surface area contributed by atoms with Crippen molar-refractivity contribution in [2.75, 3.05) is 30.5 Å². The number of nitrogens with one attached hydrogen (secondary N) is 1. The molecule has 0 unspecified atom stereocenters. The summed E-state index contributed by atoms with van der Waals surface area (Å²) in [6.45, 7) is 0.540. The number of aromatic hydroxyl groups is 1. The fraction of sp³-hybridized carbons (Fsp3) is 0.333. The van der Waals surface area contributed by atoms with E-state index in [9.17, 15) is 23.1 Å². The number of ether oxygens (including phenoxy) is 1. The molecule has 2 N–H and O–H groups in total. The molecule has 2 fully saturated rings. The number of hydrogen-bond acceptors (Lipinski definition) is 6. The van der Waals surface area contributed by atoms with Gasteiger partial charge in [-0.05, 0) is 36.4 Å². The number of amides is 2. The molecule has 2 aliphatic rings. The van der Waals surface area contributed by atoms with Gasteiger partial charge in [0.1, 0.15) is 23.7 Å². The van der Waals surface area contributed by atoms with E-state index in [1.807, 2.05) is 0 Å². The Bertz CT molecular complexity index is 1110. The van der Waals surface area contributed by atoms with E-state index in [4.69, 9.17) is 4.74 Å². The van der Waals surface area contributed by atoms with Gasteiger partial charge in [0.25, 0.3) is 11.8 Å². The highest BCUT2D eigenvalue weighted by Crippen LogP contribution is 2.39. The van der Waals surface area contributed by atoms with Gasteiger partial charge in [-0.2, -0.15) is 8.42 Å². The number of hydrogen-bond donors (Lipinski definition) is 2. The number of fused-ring (bicyclic) bond motifs is 1. The maximum atomic E-state index is 15.1.